The summed E-state index contributed by atoms with van der Waals surface area (Å²) in [6.45, 7) is 5.05. The first-order valence-electron chi connectivity index (χ1n) is 12.1. The number of allylic oxidation sites excluding steroid dienone is 2. The Balaban J connectivity index is 1.89. The standard InChI is InChI=1S/C25H44O4/c1-3-21(2)17-13-11-9-7-5-4-6-8-10-12-16-20-29-25(28)23-19-15-14-18-22(23)24(26)27/h14-15,21-23H,3-13,16-20H2,1-2H3,(H,26,27). The SMILES string of the molecule is CCC(C)CCCCCCCCCCCCCOC(=O)C1CC=CCC1C(=O)O. The van der Waals surface area contributed by atoms with E-state index in [0.717, 1.165) is 18.8 Å². The second-order valence-electron chi connectivity index (χ2n) is 8.85. The van der Waals surface area contributed by atoms with Gasteiger partial charge in [0.1, 0.15) is 0 Å². The number of rotatable bonds is 17. The number of aliphatic carboxylic acids is 1. The van der Waals surface area contributed by atoms with Crippen LogP contribution < -0.4 is 0 Å². The lowest BCUT2D eigenvalue weighted by molar-refractivity contribution is -0.158. The molecule has 0 fully saturated rings. The first kappa shape index (κ1) is 25.7. The molecule has 0 aromatic rings. The first-order chi connectivity index (χ1) is 14.1. The molecule has 0 saturated heterocycles. The molecule has 0 aliphatic heterocycles. The number of carbonyl (C=O) groups is 2. The maximum atomic E-state index is 12.1. The fraction of sp³-hybridized carbons (Fsp3) is 0.840. The van der Waals surface area contributed by atoms with Gasteiger partial charge in [0, 0.05) is 0 Å². The van der Waals surface area contributed by atoms with Crippen molar-refractivity contribution < 1.29 is 19.4 Å². The van der Waals surface area contributed by atoms with Crippen molar-refractivity contribution in [3.63, 3.8) is 0 Å². The summed E-state index contributed by atoms with van der Waals surface area (Å²) in [6.07, 6.45) is 21.3. The summed E-state index contributed by atoms with van der Waals surface area (Å²) >= 11 is 0. The van der Waals surface area contributed by atoms with Crippen LogP contribution in [0.3, 0.4) is 0 Å². The highest BCUT2D eigenvalue weighted by atomic mass is 16.5. The van der Waals surface area contributed by atoms with Crippen molar-refractivity contribution in [2.45, 2.75) is 110 Å². The molecule has 1 rings (SSSR count). The Labute approximate surface area is 178 Å². The minimum atomic E-state index is -0.901. The van der Waals surface area contributed by atoms with Gasteiger partial charge in [0.2, 0.25) is 0 Å². The van der Waals surface area contributed by atoms with Gasteiger partial charge in [0.05, 0.1) is 18.4 Å². The Hall–Kier alpha value is -1.32. The van der Waals surface area contributed by atoms with Crippen LogP contribution in [-0.4, -0.2) is 23.7 Å². The number of carboxylic acids is 1. The molecule has 0 amide bonds. The molecule has 3 atom stereocenters. The van der Waals surface area contributed by atoms with Gasteiger partial charge in [-0.05, 0) is 25.2 Å². The van der Waals surface area contributed by atoms with Gasteiger partial charge < -0.3 is 9.84 Å². The van der Waals surface area contributed by atoms with Gasteiger partial charge in [0.25, 0.3) is 0 Å². The third-order valence-electron chi connectivity index (χ3n) is 6.33. The monoisotopic (exact) mass is 408 g/mol. The van der Waals surface area contributed by atoms with Gasteiger partial charge >= 0.3 is 11.9 Å². The van der Waals surface area contributed by atoms with E-state index < -0.39 is 17.8 Å². The van der Waals surface area contributed by atoms with Gasteiger partial charge in [-0.1, -0.05) is 103 Å². The molecule has 1 aliphatic rings. The molecule has 3 unspecified atom stereocenters. The minimum absolute atomic E-state index is 0.342. The lowest BCUT2D eigenvalue weighted by Gasteiger charge is -2.23. The number of carbonyl (C=O) groups excluding carboxylic acids is 1. The number of hydrogen-bond acceptors (Lipinski definition) is 3. The Kier molecular flexibility index (Phi) is 14.6. The fourth-order valence-electron chi connectivity index (χ4n) is 4.02. The summed E-state index contributed by atoms with van der Waals surface area (Å²) in [4.78, 5) is 23.4. The number of carboxylic acid groups (broad SMARTS) is 1. The van der Waals surface area contributed by atoms with E-state index in [9.17, 15) is 14.7 Å². The zero-order chi connectivity index (χ0) is 21.3. The van der Waals surface area contributed by atoms with Crippen LogP contribution in [0.5, 0.6) is 0 Å². The van der Waals surface area contributed by atoms with Gasteiger partial charge in [0.15, 0.2) is 0 Å². The van der Waals surface area contributed by atoms with Crippen molar-refractivity contribution in [2.24, 2.45) is 17.8 Å². The van der Waals surface area contributed by atoms with E-state index >= 15 is 0 Å². The normalized spacial score (nSPS) is 19.8. The number of unbranched alkanes of at least 4 members (excludes halogenated alkanes) is 10. The molecule has 1 N–H and O–H groups in total. The van der Waals surface area contributed by atoms with Crippen LogP contribution in [0.25, 0.3) is 0 Å². The first-order valence-corrected chi connectivity index (χ1v) is 12.1. The van der Waals surface area contributed by atoms with E-state index in [1.165, 1.54) is 70.6 Å². The largest absolute Gasteiger partial charge is 0.481 e. The molecule has 0 spiro atoms. The van der Waals surface area contributed by atoms with E-state index in [-0.39, 0.29) is 5.97 Å². The van der Waals surface area contributed by atoms with Gasteiger partial charge in [-0.2, -0.15) is 0 Å². The number of hydrogen-bond donors (Lipinski definition) is 1. The van der Waals surface area contributed by atoms with Gasteiger partial charge in [-0.15, -0.1) is 0 Å². The Morgan fingerprint density at radius 2 is 1.34 bits per heavy atom. The van der Waals surface area contributed by atoms with E-state index in [0.29, 0.717) is 19.4 Å². The predicted octanol–water partition coefficient (Wildman–Crippen LogP) is 6.92. The zero-order valence-corrected chi connectivity index (χ0v) is 18.9. The van der Waals surface area contributed by atoms with Crippen molar-refractivity contribution in [1.29, 1.82) is 0 Å². The lowest BCUT2D eigenvalue weighted by atomic mass is 9.83. The van der Waals surface area contributed by atoms with Crippen LogP contribution >= 0.6 is 0 Å². The molecule has 0 heterocycles. The summed E-state index contributed by atoms with van der Waals surface area (Å²) in [7, 11) is 0. The highest BCUT2D eigenvalue weighted by Crippen LogP contribution is 2.27. The Bertz CT molecular complexity index is 471. The molecule has 0 saturated carbocycles. The van der Waals surface area contributed by atoms with Gasteiger partial charge in [-0.25, -0.2) is 0 Å². The molecule has 0 aromatic heterocycles. The highest BCUT2D eigenvalue weighted by molar-refractivity contribution is 5.81. The summed E-state index contributed by atoms with van der Waals surface area (Å²) in [5, 5.41) is 9.23. The summed E-state index contributed by atoms with van der Waals surface area (Å²) in [5.74, 6) is -1.50. The number of esters is 1. The average molecular weight is 409 g/mol. The molecule has 4 heteroatoms. The van der Waals surface area contributed by atoms with E-state index in [1.54, 1.807) is 0 Å². The summed E-state index contributed by atoms with van der Waals surface area (Å²) in [6, 6.07) is 0. The Morgan fingerprint density at radius 1 is 0.862 bits per heavy atom. The lowest BCUT2D eigenvalue weighted by Crippen LogP contribution is -2.32. The molecular formula is C25H44O4. The molecular weight excluding hydrogens is 364 g/mol. The third-order valence-corrected chi connectivity index (χ3v) is 6.33. The smallest absolute Gasteiger partial charge is 0.310 e. The molecule has 4 nitrogen and oxygen atoms in total. The highest BCUT2D eigenvalue weighted by Gasteiger charge is 2.34. The number of ether oxygens (including phenoxy) is 1. The molecule has 0 radical (unpaired) electrons. The fourth-order valence-corrected chi connectivity index (χ4v) is 4.02. The van der Waals surface area contributed by atoms with Crippen molar-refractivity contribution in [2.75, 3.05) is 6.61 Å². The molecule has 0 bridgehead atoms. The quantitative estimate of drug-likeness (QED) is 0.161. The molecule has 29 heavy (non-hydrogen) atoms. The van der Waals surface area contributed by atoms with E-state index in [1.807, 2.05) is 12.2 Å². The van der Waals surface area contributed by atoms with E-state index in [2.05, 4.69) is 13.8 Å². The zero-order valence-electron chi connectivity index (χ0n) is 18.9. The maximum absolute atomic E-state index is 12.1. The predicted molar refractivity (Wildman–Crippen MR) is 119 cm³/mol. The second-order valence-corrected chi connectivity index (χ2v) is 8.85. The van der Waals surface area contributed by atoms with Crippen molar-refractivity contribution in [3.8, 4) is 0 Å². The molecule has 0 aromatic carbocycles. The average Bonchev–Trinajstić information content (AvgIpc) is 2.73. The third kappa shape index (κ3) is 12.1. The van der Waals surface area contributed by atoms with Crippen LogP contribution in [0.4, 0.5) is 0 Å². The van der Waals surface area contributed by atoms with Crippen molar-refractivity contribution in [3.05, 3.63) is 12.2 Å². The van der Waals surface area contributed by atoms with Crippen LogP contribution in [0.1, 0.15) is 110 Å². The second kappa shape index (κ2) is 16.5. The minimum Gasteiger partial charge on any atom is -0.481 e. The van der Waals surface area contributed by atoms with E-state index in [4.69, 9.17) is 4.74 Å². The molecule has 168 valence electrons. The van der Waals surface area contributed by atoms with Crippen molar-refractivity contribution >= 4 is 11.9 Å². The molecule has 1 aliphatic carbocycles. The van der Waals surface area contributed by atoms with Crippen LogP contribution in [0.2, 0.25) is 0 Å². The summed E-state index contributed by atoms with van der Waals surface area (Å²) in [5.41, 5.74) is 0. The maximum Gasteiger partial charge on any atom is 0.310 e. The van der Waals surface area contributed by atoms with Crippen LogP contribution in [0.15, 0.2) is 12.2 Å². The van der Waals surface area contributed by atoms with Crippen molar-refractivity contribution in [1.82, 2.24) is 0 Å². The van der Waals surface area contributed by atoms with Gasteiger partial charge in [-0.3, -0.25) is 9.59 Å². The van der Waals surface area contributed by atoms with Crippen LogP contribution in [0, 0.1) is 17.8 Å². The summed E-state index contributed by atoms with van der Waals surface area (Å²) < 4.78 is 5.34. The Morgan fingerprint density at radius 3 is 1.86 bits per heavy atom. The topological polar surface area (TPSA) is 63.6 Å². The van der Waals surface area contributed by atoms with Crippen LogP contribution in [-0.2, 0) is 14.3 Å².